The topological polar surface area (TPSA) is 67.4 Å². The molecule has 2 rings (SSSR count). The second-order valence-corrected chi connectivity index (χ2v) is 6.92. The number of halogens is 1. The zero-order valence-corrected chi connectivity index (χ0v) is 20.0. The lowest BCUT2D eigenvalue weighted by Crippen LogP contribution is -2.52. The first-order valence-corrected chi connectivity index (χ1v) is 9.56. The van der Waals surface area contributed by atoms with Crippen LogP contribution in [-0.4, -0.2) is 71.0 Å². The Balaban J connectivity index is 0.00000392. The Labute approximate surface area is 186 Å². The van der Waals surface area contributed by atoms with Crippen LogP contribution in [0, 0.1) is 5.92 Å². The largest absolute Gasteiger partial charge is 0.493 e. The molecule has 0 radical (unpaired) electrons. The van der Waals surface area contributed by atoms with E-state index in [1.807, 2.05) is 18.2 Å². The normalized spacial score (nSPS) is 16.3. The van der Waals surface area contributed by atoms with Crippen molar-refractivity contribution in [3.8, 4) is 11.5 Å². The molecule has 28 heavy (non-hydrogen) atoms. The molecule has 0 bridgehead atoms. The Hall–Kier alpha value is -1.26. The summed E-state index contributed by atoms with van der Waals surface area (Å²) in [5, 5.41) is 6.84. The zero-order chi connectivity index (χ0) is 19.6. The number of guanidine groups is 1. The van der Waals surface area contributed by atoms with Crippen molar-refractivity contribution in [3.63, 3.8) is 0 Å². The van der Waals surface area contributed by atoms with Crippen molar-refractivity contribution in [1.29, 1.82) is 0 Å². The molecule has 1 atom stereocenters. The molecule has 1 aromatic carbocycles. The molecule has 160 valence electrons. The van der Waals surface area contributed by atoms with Gasteiger partial charge in [0.2, 0.25) is 0 Å². The number of morpholine rings is 1. The summed E-state index contributed by atoms with van der Waals surface area (Å²) in [6.07, 6.45) is 0. The maximum atomic E-state index is 5.50. The average molecular weight is 506 g/mol. The highest BCUT2D eigenvalue weighted by atomic mass is 127. The molecule has 7 nitrogen and oxygen atoms in total. The zero-order valence-electron chi connectivity index (χ0n) is 17.7. The lowest BCUT2D eigenvalue weighted by molar-refractivity contribution is 0.00752. The van der Waals surface area contributed by atoms with Gasteiger partial charge in [0.1, 0.15) is 0 Å². The van der Waals surface area contributed by atoms with Gasteiger partial charge in [0, 0.05) is 44.8 Å². The van der Waals surface area contributed by atoms with E-state index in [2.05, 4.69) is 34.4 Å². The number of rotatable bonds is 8. The van der Waals surface area contributed by atoms with Gasteiger partial charge in [-0.1, -0.05) is 26.0 Å². The molecule has 1 unspecified atom stereocenters. The van der Waals surface area contributed by atoms with Gasteiger partial charge >= 0.3 is 0 Å². The Kier molecular flexibility index (Phi) is 11.6. The second kappa shape index (κ2) is 13.1. The van der Waals surface area contributed by atoms with Crippen LogP contribution in [0.5, 0.6) is 11.5 Å². The lowest BCUT2D eigenvalue weighted by atomic mass is 10.0. The molecule has 0 saturated carbocycles. The van der Waals surface area contributed by atoms with Crippen molar-refractivity contribution < 1.29 is 14.2 Å². The number of nitrogens with one attached hydrogen (secondary N) is 2. The van der Waals surface area contributed by atoms with E-state index in [0.29, 0.717) is 18.5 Å². The molecule has 1 fully saturated rings. The fourth-order valence-corrected chi connectivity index (χ4v) is 3.39. The van der Waals surface area contributed by atoms with Gasteiger partial charge in [0.05, 0.1) is 27.4 Å². The Morgan fingerprint density at radius 1 is 1.18 bits per heavy atom. The molecule has 1 aliphatic heterocycles. The number of para-hydroxylation sites is 1. The van der Waals surface area contributed by atoms with Gasteiger partial charge in [-0.05, 0) is 12.0 Å². The number of nitrogens with zero attached hydrogens (tertiary/aromatic N) is 2. The maximum Gasteiger partial charge on any atom is 0.191 e. The fourth-order valence-electron chi connectivity index (χ4n) is 3.39. The minimum absolute atomic E-state index is 0. The van der Waals surface area contributed by atoms with E-state index in [1.54, 1.807) is 21.3 Å². The predicted octanol–water partition coefficient (Wildman–Crippen LogP) is 2.34. The standard InChI is InChI=1S/C20H34N4O3.HI/c1-15(2)17(24-9-11-27-12-10-24)14-23-20(21-3)22-13-16-7-6-8-18(25-4)19(16)26-5;/h6-8,15,17H,9-14H2,1-5H3,(H2,21,22,23);1H. The summed E-state index contributed by atoms with van der Waals surface area (Å²) < 4.78 is 16.4. The highest BCUT2D eigenvalue weighted by molar-refractivity contribution is 14.0. The Bertz CT molecular complexity index is 607. The molecule has 0 aromatic heterocycles. The summed E-state index contributed by atoms with van der Waals surface area (Å²) in [6, 6.07) is 6.32. The van der Waals surface area contributed by atoms with E-state index in [-0.39, 0.29) is 24.0 Å². The van der Waals surface area contributed by atoms with Crippen LogP contribution in [0.15, 0.2) is 23.2 Å². The molecular formula is C20H35IN4O3. The van der Waals surface area contributed by atoms with Gasteiger partial charge in [-0.15, -0.1) is 24.0 Å². The molecule has 0 spiro atoms. The number of methoxy groups -OCH3 is 2. The summed E-state index contributed by atoms with van der Waals surface area (Å²) >= 11 is 0. The maximum absolute atomic E-state index is 5.50. The van der Waals surface area contributed by atoms with Gasteiger partial charge < -0.3 is 24.8 Å². The third-order valence-electron chi connectivity index (χ3n) is 4.92. The smallest absolute Gasteiger partial charge is 0.191 e. The molecule has 2 N–H and O–H groups in total. The van der Waals surface area contributed by atoms with Crippen molar-refractivity contribution in [2.24, 2.45) is 10.9 Å². The van der Waals surface area contributed by atoms with Gasteiger partial charge in [-0.25, -0.2) is 0 Å². The van der Waals surface area contributed by atoms with E-state index < -0.39 is 0 Å². The van der Waals surface area contributed by atoms with Gasteiger partial charge in [-0.2, -0.15) is 0 Å². The van der Waals surface area contributed by atoms with Crippen LogP contribution in [0.1, 0.15) is 19.4 Å². The van der Waals surface area contributed by atoms with Crippen LogP contribution in [0.25, 0.3) is 0 Å². The molecule has 1 heterocycles. The van der Waals surface area contributed by atoms with Crippen LogP contribution >= 0.6 is 24.0 Å². The van der Waals surface area contributed by atoms with Crippen molar-refractivity contribution in [1.82, 2.24) is 15.5 Å². The first kappa shape index (κ1) is 24.8. The second-order valence-electron chi connectivity index (χ2n) is 6.92. The number of aliphatic imine (C=N–C) groups is 1. The third kappa shape index (κ3) is 6.97. The summed E-state index contributed by atoms with van der Waals surface area (Å²) in [6.45, 7) is 9.56. The van der Waals surface area contributed by atoms with E-state index in [0.717, 1.165) is 55.9 Å². The highest BCUT2D eigenvalue weighted by Crippen LogP contribution is 2.30. The van der Waals surface area contributed by atoms with E-state index >= 15 is 0 Å². The number of ether oxygens (including phenoxy) is 3. The van der Waals surface area contributed by atoms with Crippen molar-refractivity contribution >= 4 is 29.9 Å². The summed E-state index contributed by atoms with van der Waals surface area (Å²) in [7, 11) is 5.09. The van der Waals surface area contributed by atoms with Gasteiger partial charge in [-0.3, -0.25) is 9.89 Å². The lowest BCUT2D eigenvalue weighted by Gasteiger charge is -2.37. The van der Waals surface area contributed by atoms with Crippen LogP contribution in [0.3, 0.4) is 0 Å². The first-order chi connectivity index (χ1) is 13.1. The fraction of sp³-hybridized carbons (Fsp3) is 0.650. The van der Waals surface area contributed by atoms with E-state index in [1.165, 1.54) is 0 Å². The van der Waals surface area contributed by atoms with Crippen molar-refractivity contribution in [2.75, 3.05) is 54.1 Å². The third-order valence-corrected chi connectivity index (χ3v) is 4.92. The highest BCUT2D eigenvalue weighted by Gasteiger charge is 2.23. The number of hydrogen-bond acceptors (Lipinski definition) is 5. The summed E-state index contributed by atoms with van der Waals surface area (Å²) in [4.78, 5) is 6.86. The van der Waals surface area contributed by atoms with Crippen LogP contribution < -0.4 is 20.1 Å². The average Bonchev–Trinajstić information content (AvgIpc) is 2.70. The molecule has 1 saturated heterocycles. The SMILES string of the molecule is CN=C(NCc1cccc(OC)c1OC)NCC(C(C)C)N1CCOCC1.I. The molecule has 0 amide bonds. The van der Waals surface area contributed by atoms with Crippen LogP contribution in [0.2, 0.25) is 0 Å². The van der Waals surface area contributed by atoms with Crippen molar-refractivity contribution in [3.05, 3.63) is 23.8 Å². The summed E-state index contributed by atoms with van der Waals surface area (Å²) in [5.74, 6) is 2.80. The monoisotopic (exact) mass is 506 g/mol. The number of benzene rings is 1. The predicted molar refractivity (Wildman–Crippen MR) is 124 cm³/mol. The van der Waals surface area contributed by atoms with E-state index in [4.69, 9.17) is 14.2 Å². The first-order valence-electron chi connectivity index (χ1n) is 9.56. The van der Waals surface area contributed by atoms with Gasteiger partial charge in [0.15, 0.2) is 17.5 Å². The van der Waals surface area contributed by atoms with Crippen molar-refractivity contribution in [2.45, 2.75) is 26.4 Å². The van der Waals surface area contributed by atoms with Crippen LogP contribution in [0.4, 0.5) is 0 Å². The minimum atomic E-state index is 0. The molecule has 8 heteroatoms. The van der Waals surface area contributed by atoms with Gasteiger partial charge in [0.25, 0.3) is 0 Å². The molecule has 0 aliphatic carbocycles. The molecular weight excluding hydrogens is 471 g/mol. The summed E-state index contributed by atoms with van der Waals surface area (Å²) in [5.41, 5.74) is 1.02. The number of hydrogen-bond donors (Lipinski definition) is 2. The quantitative estimate of drug-likeness (QED) is 0.321. The van der Waals surface area contributed by atoms with E-state index in [9.17, 15) is 0 Å². The molecule has 1 aliphatic rings. The molecule has 1 aromatic rings. The minimum Gasteiger partial charge on any atom is -0.493 e. The Morgan fingerprint density at radius 2 is 1.89 bits per heavy atom. The van der Waals surface area contributed by atoms with Crippen LogP contribution in [-0.2, 0) is 11.3 Å². The Morgan fingerprint density at radius 3 is 2.46 bits per heavy atom.